The minimum absolute atomic E-state index is 0.0185. The van der Waals surface area contributed by atoms with Gasteiger partial charge in [-0.2, -0.15) is 0 Å². The normalized spacial score (nSPS) is 14.8. The molecule has 2 rings (SSSR count). The van der Waals surface area contributed by atoms with Crippen LogP contribution < -0.4 is 0 Å². The van der Waals surface area contributed by atoms with Gasteiger partial charge in [0.1, 0.15) is 5.88 Å². The number of halogens is 2. The SMILES string of the molecule is Cc1cc(Br)cc2c1CCN(C(=O)CCl)C2. The lowest BCUT2D eigenvalue weighted by molar-refractivity contribution is -0.129. The molecule has 4 heteroatoms. The van der Waals surface area contributed by atoms with Crippen molar-refractivity contribution in [1.29, 1.82) is 0 Å². The summed E-state index contributed by atoms with van der Waals surface area (Å²) < 4.78 is 1.07. The van der Waals surface area contributed by atoms with E-state index in [1.54, 1.807) is 0 Å². The van der Waals surface area contributed by atoms with E-state index in [-0.39, 0.29) is 11.8 Å². The van der Waals surface area contributed by atoms with Gasteiger partial charge in [0.05, 0.1) is 0 Å². The van der Waals surface area contributed by atoms with Gasteiger partial charge >= 0.3 is 0 Å². The van der Waals surface area contributed by atoms with E-state index in [1.807, 2.05) is 4.90 Å². The summed E-state index contributed by atoms with van der Waals surface area (Å²) in [6.07, 6.45) is 0.928. The molecule has 1 aromatic carbocycles. The molecule has 1 aliphatic rings. The van der Waals surface area contributed by atoms with Crippen molar-refractivity contribution in [2.45, 2.75) is 19.9 Å². The lowest BCUT2D eigenvalue weighted by atomic mass is 9.95. The Labute approximate surface area is 109 Å². The van der Waals surface area contributed by atoms with Crippen LogP contribution in [0, 0.1) is 6.92 Å². The number of rotatable bonds is 1. The summed E-state index contributed by atoms with van der Waals surface area (Å²) in [5, 5.41) is 0. The van der Waals surface area contributed by atoms with Gasteiger partial charge < -0.3 is 4.90 Å². The number of alkyl halides is 1. The van der Waals surface area contributed by atoms with Crippen molar-refractivity contribution in [3.63, 3.8) is 0 Å². The molecule has 0 fully saturated rings. The summed E-state index contributed by atoms with van der Waals surface area (Å²) in [6, 6.07) is 4.22. The van der Waals surface area contributed by atoms with E-state index in [0.717, 1.165) is 17.4 Å². The van der Waals surface area contributed by atoms with Crippen molar-refractivity contribution in [2.75, 3.05) is 12.4 Å². The number of carbonyl (C=O) groups excluding carboxylic acids is 1. The van der Waals surface area contributed by atoms with Gasteiger partial charge in [-0.05, 0) is 42.2 Å². The standard InChI is InChI=1S/C12H13BrClNO/c1-8-4-10(13)5-9-7-15(12(16)6-14)3-2-11(8)9/h4-5H,2-3,6-7H2,1H3. The van der Waals surface area contributed by atoms with E-state index < -0.39 is 0 Å². The highest BCUT2D eigenvalue weighted by Crippen LogP contribution is 2.26. The van der Waals surface area contributed by atoms with Gasteiger partial charge in [0, 0.05) is 17.6 Å². The first-order valence-corrected chi connectivity index (χ1v) is 6.56. The van der Waals surface area contributed by atoms with E-state index >= 15 is 0 Å². The molecule has 1 heterocycles. The molecule has 1 aliphatic heterocycles. The number of hydrogen-bond donors (Lipinski definition) is 0. The van der Waals surface area contributed by atoms with Crippen molar-refractivity contribution >= 4 is 33.4 Å². The third-order valence-corrected chi connectivity index (χ3v) is 3.68. The van der Waals surface area contributed by atoms with Crippen molar-refractivity contribution in [1.82, 2.24) is 4.90 Å². The molecule has 0 aliphatic carbocycles. The number of carbonyl (C=O) groups is 1. The van der Waals surface area contributed by atoms with Crippen LogP contribution in [0.2, 0.25) is 0 Å². The predicted molar refractivity (Wildman–Crippen MR) is 68.7 cm³/mol. The molecule has 0 N–H and O–H groups in total. The van der Waals surface area contributed by atoms with Gasteiger partial charge in [0.2, 0.25) is 5.91 Å². The van der Waals surface area contributed by atoms with E-state index in [2.05, 4.69) is 35.0 Å². The van der Waals surface area contributed by atoms with E-state index in [1.165, 1.54) is 16.7 Å². The predicted octanol–water partition coefficient (Wildman–Crippen LogP) is 2.88. The molecule has 0 atom stereocenters. The molecule has 0 aromatic heterocycles. The molecule has 0 bridgehead atoms. The summed E-state index contributed by atoms with van der Waals surface area (Å²) in [5.41, 5.74) is 3.90. The Morgan fingerprint density at radius 3 is 3.00 bits per heavy atom. The highest BCUT2D eigenvalue weighted by atomic mass is 79.9. The third kappa shape index (κ3) is 2.25. The van der Waals surface area contributed by atoms with Crippen LogP contribution in [-0.2, 0) is 17.8 Å². The Kier molecular flexibility index (Phi) is 3.55. The maximum Gasteiger partial charge on any atom is 0.237 e. The monoisotopic (exact) mass is 301 g/mol. The number of amides is 1. The molecule has 2 nitrogen and oxygen atoms in total. The highest BCUT2D eigenvalue weighted by Gasteiger charge is 2.21. The third-order valence-electron chi connectivity index (χ3n) is 2.99. The molecule has 0 unspecified atom stereocenters. The van der Waals surface area contributed by atoms with Crippen LogP contribution in [0.3, 0.4) is 0 Å². The van der Waals surface area contributed by atoms with E-state index in [0.29, 0.717) is 6.54 Å². The minimum atomic E-state index is 0.0185. The molecular weight excluding hydrogens is 289 g/mol. The molecule has 16 heavy (non-hydrogen) atoms. The smallest absolute Gasteiger partial charge is 0.237 e. The van der Waals surface area contributed by atoms with Crippen molar-refractivity contribution < 1.29 is 4.79 Å². The van der Waals surface area contributed by atoms with Gasteiger partial charge in [-0.25, -0.2) is 0 Å². The molecule has 0 saturated heterocycles. The summed E-state index contributed by atoms with van der Waals surface area (Å²) in [5.74, 6) is 0.0902. The lowest BCUT2D eigenvalue weighted by Gasteiger charge is -2.29. The topological polar surface area (TPSA) is 20.3 Å². The van der Waals surface area contributed by atoms with Crippen LogP contribution in [-0.4, -0.2) is 23.2 Å². The number of fused-ring (bicyclic) bond motifs is 1. The summed E-state index contributed by atoms with van der Waals surface area (Å²) in [7, 11) is 0. The Hall–Kier alpha value is -0.540. The molecule has 86 valence electrons. The largest absolute Gasteiger partial charge is 0.337 e. The van der Waals surface area contributed by atoms with Crippen molar-refractivity contribution in [3.05, 3.63) is 33.3 Å². The zero-order valence-electron chi connectivity index (χ0n) is 9.09. The van der Waals surface area contributed by atoms with Crippen LogP contribution in [0.25, 0.3) is 0 Å². The second kappa shape index (κ2) is 4.76. The molecule has 0 spiro atoms. The Balaban J connectivity index is 2.30. The zero-order valence-corrected chi connectivity index (χ0v) is 11.4. The van der Waals surface area contributed by atoms with Gasteiger partial charge in [-0.15, -0.1) is 11.6 Å². The maximum absolute atomic E-state index is 11.5. The average molecular weight is 303 g/mol. The first kappa shape index (κ1) is 11.9. The quantitative estimate of drug-likeness (QED) is 0.731. The molecular formula is C12H13BrClNO. The van der Waals surface area contributed by atoms with Gasteiger partial charge in [-0.1, -0.05) is 15.9 Å². The fourth-order valence-corrected chi connectivity index (χ4v) is 2.96. The van der Waals surface area contributed by atoms with Crippen LogP contribution in [0.1, 0.15) is 16.7 Å². The molecule has 1 amide bonds. The van der Waals surface area contributed by atoms with Gasteiger partial charge in [0.15, 0.2) is 0 Å². The zero-order chi connectivity index (χ0) is 11.7. The van der Waals surface area contributed by atoms with Crippen LogP contribution in [0.4, 0.5) is 0 Å². The number of aryl methyl sites for hydroxylation is 1. The van der Waals surface area contributed by atoms with Crippen LogP contribution in [0.15, 0.2) is 16.6 Å². The lowest BCUT2D eigenvalue weighted by Crippen LogP contribution is -2.36. The van der Waals surface area contributed by atoms with Gasteiger partial charge in [0.25, 0.3) is 0 Å². The first-order chi connectivity index (χ1) is 7.61. The second-order valence-electron chi connectivity index (χ2n) is 4.06. The highest BCUT2D eigenvalue weighted by molar-refractivity contribution is 9.10. The van der Waals surface area contributed by atoms with E-state index in [4.69, 9.17) is 11.6 Å². The Morgan fingerprint density at radius 2 is 2.31 bits per heavy atom. The molecule has 0 saturated carbocycles. The van der Waals surface area contributed by atoms with E-state index in [9.17, 15) is 4.79 Å². The minimum Gasteiger partial charge on any atom is -0.337 e. The fourth-order valence-electron chi connectivity index (χ4n) is 2.17. The summed E-state index contributed by atoms with van der Waals surface area (Å²) in [6.45, 7) is 3.57. The van der Waals surface area contributed by atoms with Crippen molar-refractivity contribution in [3.8, 4) is 0 Å². The number of benzene rings is 1. The fraction of sp³-hybridized carbons (Fsp3) is 0.417. The maximum atomic E-state index is 11.5. The number of nitrogens with zero attached hydrogens (tertiary/aromatic N) is 1. The Bertz CT molecular complexity index is 433. The van der Waals surface area contributed by atoms with Crippen molar-refractivity contribution in [2.24, 2.45) is 0 Å². The number of hydrogen-bond acceptors (Lipinski definition) is 1. The average Bonchev–Trinajstić information content (AvgIpc) is 2.27. The molecule has 1 aromatic rings. The second-order valence-corrected chi connectivity index (χ2v) is 5.24. The Morgan fingerprint density at radius 1 is 1.56 bits per heavy atom. The molecule has 0 radical (unpaired) electrons. The van der Waals surface area contributed by atoms with Gasteiger partial charge in [-0.3, -0.25) is 4.79 Å². The first-order valence-electron chi connectivity index (χ1n) is 5.23. The van der Waals surface area contributed by atoms with Crippen LogP contribution in [0.5, 0.6) is 0 Å². The summed E-state index contributed by atoms with van der Waals surface area (Å²) in [4.78, 5) is 13.3. The summed E-state index contributed by atoms with van der Waals surface area (Å²) >= 11 is 9.06. The van der Waals surface area contributed by atoms with Crippen LogP contribution >= 0.6 is 27.5 Å².